The van der Waals surface area contributed by atoms with Gasteiger partial charge in [0.15, 0.2) is 0 Å². The Morgan fingerprint density at radius 1 is 1.38 bits per heavy atom. The smallest absolute Gasteiger partial charge is 0.246 e. The minimum Gasteiger partial charge on any atom is -0.495 e. The van der Waals surface area contributed by atoms with E-state index >= 15 is 0 Å². The van der Waals surface area contributed by atoms with Gasteiger partial charge in [0.2, 0.25) is 5.91 Å². The van der Waals surface area contributed by atoms with Crippen molar-refractivity contribution in [3.8, 4) is 11.5 Å². The Morgan fingerprint density at radius 3 is 2.88 bits per heavy atom. The second-order valence-electron chi connectivity index (χ2n) is 6.39. The number of methoxy groups -OCH3 is 1. The maximum atomic E-state index is 12.9. The molecule has 2 aromatic carbocycles. The van der Waals surface area contributed by atoms with Crippen LogP contribution in [0.5, 0.6) is 11.5 Å². The average Bonchev–Trinajstić information content (AvgIpc) is 2.66. The van der Waals surface area contributed by atoms with E-state index in [1.165, 1.54) is 0 Å². The molecule has 2 unspecified atom stereocenters. The van der Waals surface area contributed by atoms with Crippen molar-refractivity contribution in [2.24, 2.45) is 0 Å². The molecule has 26 heavy (non-hydrogen) atoms. The molecule has 2 aromatic rings. The second-order valence-corrected chi connectivity index (χ2v) is 6.39. The monoisotopic (exact) mass is 355 g/mol. The number of rotatable bonds is 5. The van der Waals surface area contributed by atoms with Gasteiger partial charge in [-0.15, -0.1) is 0 Å². The summed E-state index contributed by atoms with van der Waals surface area (Å²) in [5.74, 6) is 1.28. The van der Waals surface area contributed by atoms with Gasteiger partial charge >= 0.3 is 0 Å². The summed E-state index contributed by atoms with van der Waals surface area (Å²) in [7, 11) is 1.58. The van der Waals surface area contributed by atoms with Gasteiger partial charge < -0.3 is 25.4 Å². The van der Waals surface area contributed by atoms with E-state index < -0.39 is 6.04 Å². The molecule has 6 nitrogen and oxygen atoms in total. The van der Waals surface area contributed by atoms with Gasteiger partial charge in [-0.3, -0.25) is 4.79 Å². The van der Waals surface area contributed by atoms with Crippen LogP contribution in [0.4, 0.5) is 17.1 Å². The van der Waals surface area contributed by atoms with Crippen LogP contribution in [0.3, 0.4) is 0 Å². The van der Waals surface area contributed by atoms with E-state index in [2.05, 4.69) is 12.2 Å². The standard InChI is InChI=1S/C20H25N3O3/c1-4-15-12-23(17-11-14(21)9-10-19(17)26-15)13(2)20(24)22-16-7-5-6-8-18(16)25-3/h5-11,13,15H,4,12,21H2,1-3H3,(H,22,24). The summed E-state index contributed by atoms with van der Waals surface area (Å²) < 4.78 is 11.3. The number of fused-ring (bicyclic) bond motifs is 1. The minimum atomic E-state index is -0.390. The van der Waals surface area contributed by atoms with Crippen molar-refractivity contribution in [3.63, 3.8) is 0 Å². The summed E-state index contributed by atoms with van der Waals surface area (Å²) in [5, 5.41) is 2.96. The third-order valence-electron chi connectivity index (χ3n) is 4.65. The number of hydrogen-bond donors (Lipinski definition) is 2. The van der Waals surface area contributed by atoms with Gasteiger partial charge in [0, 0.05) is 5.69 Å². The van der Waals surface area contributed by atoms with Crippen LogP contribution in [0.1, 0.15) is 20.3 Å². The number of carbonyl (C=O) groups excluding carboxylic acids is 1. The number of hydrogen-bond acceptors (Lipinski definition) is 5. The van der Waals surface area contributed by atoms with Crippen LogP contribution in [0.15, 0.2) is 42.5 Å². The summed E-state index contributed by atoms with van der Waals surface area (Å²) in [6.45, 7) is 4.59. The van der Waals surface area contributed by atoms with Crippen LogP contribution >= 0.6 is 0 Å². The van der Waals surface area contributed by atoms with E-state index in [1.54, 1.807) is 7.11 Å². The number of nitrogen functional groups attached to an aromatic ring is 1. The van der Waals surface area contributed by atoms with Gasteiger partial charge in [0.05, 0.1) is 25.0 Å². The number of para-hydroxylation sites is 2. The van der Waals surface area contributed by atoms with Gasteiger partial charge in [0.1, 0.15) is 23.6 Å². The molecule has 0 fully saturated rings. The molecular weight excluding hydrogens is 330 g/mol. The molecule has 6 heteroatoms. The van der Waals surface area contributed by atoms with E-state index in [0.29, 0.717) is 23.7 Å². The van der Waals surface area contributed by atoms with Gasteiger partial charge in [-0.05, 0) is 43.7 Å². The van der Waals surface area contributed by atoms with Crippen LogP contribution < -0.4 is 25.4 Å². The quantitative estimate of drug-likeness (QED) is 0.805. The highest BCUT2D eigenvalue weighted by molar-refractivity contribution is 5.98. The summed E-state index contributed by atoms with van der Waals surface area (Å²) in [5.41, 5.74) is 8.09. The van der Waals surface area contributed by atoms with Gasteiger partial charge in [-0.25, -0.2) is 0 Å². The normalized spacial score (nSPS) is 17.0. The molecule has 138 valence electrons. The number of ether oxygens (including phenoxy) is 2. The first-order valence-electron chi connectivity index (χ1n) is 8.80. The largest absolute Gasteiger partial charge is 0.495 e. The number of carbonyl (C=O) groups is 1. The van der Waals surface area contributed by atoms with Gasteiger partial charge in [-0.2, -0.15) is 0 Å². The van der Waals surface area contributed by atoms with Crippen LogP contribution in [-0.4, -0.2) is 31.7 Å². The molecular formula is C20H25N3O3. The molecule has 0 saturated carbocycles. The lowest BCUT2D eigenvalue weighted by Crippen LogP contribution is -2.49. The molecule has 1 amide bonds. The zero-order valence-electron chi connectivity index (χ0n) is 15.4. The lowest BCUT2D eigenvalue weighted by molar-refractivity contribution is -0.117. The van der Waals surface area contributed by atoms with E-state index in [4.69, 9.17) is 15.2 Å². The van der Waals surface area contributed by atoms with E-state index in [0.717, 1.165) is 17.9 Å². The van der Waals surface area contributed by atoms with Crippen LogP contribution in [0.25, 0.3) is 0 Å². The highest BCUT2D eigenvalue weighted by Crippen LogP contribution is 2.37. The van der Waals surface area contributed by atoms with Crippen LogP contribution in [0, 0.1) is 0 Å². The Hall–Kier alpha value is -2.89. The summed E-state index contributed by atoms with van der Waals surface area (Å²) in [6.07, 6.45) is 0.897. The first-order valence-corrected chi connectivity index (χ1v) is 8.80. The lowest BCUT2D eigenvalue weighted by atomic mass is 10.1. The summed E-state index contributed by atoms with van der Waals surface area (Å²) in [6, 6.07) is 12.5. The fourth-order valence-corrected chi connectivity index (χ4v) is 3.10. The number of anilines is 3. The number of nitrogens with zero attached hydrogens (tertiary/aromatic N) is 1. The zero-order valence-corrected chi connectivity index (χ0v) is 15.4. The molecule has 0 aliphatic carbocycles. The zero-order chi connectivity index (χ0) is 18.7. The first-order chi connectivity index (χ1) is 12.5. The second kappa shape index (κ2) is 7.56. The van der Waals surface area contributed by atoms with E-state index in [-0.39, 0.29) is 12.0 Å². The highest BCUT2D eigenvalue weighted by atomic mass is 16.5. The van der Waals surface area contributed by atoms with Gasteiger partial charge in [-0.1, -0.05) is 19.1 Å². The molecule has 2 atom stereocenters. The third kappa shape index (κ3) is 3.54. The summed E-state index contributed by atoms with van der Waals surface area (Å²) in [4.78, 5) is 14.9. The predicted octanol–water partition coefficient (Wildman–Crippen LogP) is 3.28. The fraction of sp³-hybridized carbons (Fsp3) is 0.350. The number of nitrogens with one attached hydrogen (secondary N) is 1. The van der Waals surface area contributed by atoms with Crippen molar-refractivity contribution >= 4 is 23.0 Å². The molecule has 0 radical (unpaired) electrons. The average molecular weight is 355 g/mol. The molecule has 0 aromatic heterocycles. The maximum Gasteiger partial charge on any atom is 0.246 e. The Labute approximate surface area is 153 Å². The van der Waals surface area contributed by atoms with Crippen molar-refractivity contribution in [2.45, 2.75) is 32.4 Å². The fourth-order valence-electron chi connectivity index (χ4n) is 3.10. The van der Waals surface area contributed by atoms with Crippen LogP contribution in [-0.2, 0) is 4.79 Å². The topological polar surface area (TPSA) is 76.8 Å². The van der Waals surface area contributed by atoms with Crippen molar-refractivity contribution in [3.05, 3.63) is 42.5 Å². The molecule has 3 N–H and O–H groups in total. The number of nitrogens with two attached hydrogens (primary N) is 1. The Balaban J connectivity index is 1.85. The molecule has 1 heterocycles. The number of benzene rings is 2. The van der Waals surface area contributed by atoms with Crippen molar-refractivity contribution in [1.29, 1.82) is 0 Å². The molecule has 0 saturated heterocycles. The van der Waals surface area contributed by atoms with Crippen molar-refractivity contribution in [2.75, 3.05) is 29.6 Å². The first kappa shape index (κ1) is 17.9. The van der Waals surface area contributed by atoms with E-state index in [1.807, 2.05) is 54.3 Å². The summed E-state index contributed by atoms with van der Waals surface area (Å²) >= 11 is 0. The minimum absolute atomic E-state index is 0.0348. The lowest BCUT2D eigenvalue weighted by Gasteiger charge is -2.39. The molecule has 1 aliphatic heterocycles. The molecule has 0 spiro atoms. The van der Waals surface area contributed by atoms with E-state index in [9.17, 15) is 4.79 Å². The molecule has 0 bridgehead atoms. The van der Waals surface area contributed by atoms with Crippen molar-refractivity contribution < 1.29 is 14.3 Å². The maximum absolute atomic E-state index is 12.9. The van der Waals surface area contributed by atoms with Gasteiger partial charge in [0.25, 0.3) is 0 Å². The Kier molecular flexibility index (Phi) is 5.21. The molecule has 1 aliphatic rings. The Morgan fingerprint density at radius 2 is 2.15 bits per heavy atom. The van der Waals surface area contributed by atoms with Crippen molar-refractivity contribution in [1.82, 2.24) is 0 Å². The highest BCUT2D eigenvalue weighted by Gasteiger charge is 2.31. The molecule has 3 rings (SSSR count). The third-order valence-corrected chi connectivity index (χ3v) is 4.65. The SMILES string of the molecule is CCC1CN(C(C)C(=O)Nc2ccccc2OC)c2cc(N)ccc2O1. The predicted molar refractivity (Wildman–Crippen MR) is 104 cm³/mol. The number of amides is 1. The van der Waals surface area contributed by atoms with Crippen LogP contribution in [0.2, 0.25) is 0 Å². The Bertz CT molecular complexity index is 794.